The van der Waals surface area contributed by atoms with Gasteiger partial charge in [-0.25, -0.2) is 0 Å². The molecule has 2 aliphatic heterocycles. The van der Waals surface area contributed by atoms with Crippen LogP contribution in [0.25, 0.3) is 0 Å². The summed E-state index contributed by atoms with van der Waals surface area (Å²) in [5, 5.41) is 30.7. The molecule has 0 amide bonds. The molecule has 0 spiro atoms. The second-order valence-corrected chi connectivity index (χ2v) is 6.48. The molecule has 2 heterocycles. The van der Waals surface area contributed by atoms with E-state index in [0.717, 1.165) is 26.1 Å². The quantitative estimate of drug-likeness (QED) is 0.495. The minimum absolute atomic E-state index is 0.129. The van der Waals surface area contributed by atoms with Crippen LogP contribution in [-0.2, 0) is 4.79 Å². The highest BCUT2D eigenvalue weighted by Crippen LogP contribution is 2.29. The Hall–Kier alpha value is -0.625. The van der Waals surface area contributed by atoms with Crippen LogP contribution in [0.4, 0.5) is 0 Å². The van der Waals surface area contributed by atoms with Crippen LogP contribution in [0.5, 0.6) is 0 Å². The predicted octanol–water partition coefficient (Wildman–Crippen LogP) is 0.0141. The first-order chi connectivity index (χ1) is 10.1. The molecule has 2 aliphatic rings. The molecule has 2 unspecified atom stereocenters. The van der Waals surface area contributed by atoms with Crippen molar-refractivity contribution in [3.05, 3.63) is 0 Å². The van der Waals surface area contributed by atoms with Crippen molar-refractivity contribution >= 4 is 13.1 Å². The average molecular weight is 298 g/mol. The number of hydrogen-bond donors (Lipinski definition) is 4. The van der Waals surface area contributed by atoms with E-state index in [-0.39, 0.29) is 11.8 Å². The zero-order valence-electron chi connectivity index (χ0n) is 12.6. The fourth-order valence-electron chi connectivity index (χ4n) is 3.64. The highest BCUT2D eigenvalue weighted by atomic mass is 16.4. The number of carboxylic acid groups (broad SMARTS) is 1. The smallest absolute Gasteiger partial charge is 0.451 e. The molecule has 3 atom stereocenters. The van der Waals surface area contributed by atoms with Crippen molar-refractivity contribution in [1.29, 1.82) is 0 Å². The molecule has 2 rings (SSSR count). The maximum Gasteiger partial charge on any atom is 0.451 e. The van der Waals surface area contributed by atoms with Crippen molar-refractivity contribution < 1.29 is 19.9 Å². The summed E-state index contributed by atoms with van der Waals surface area (Å²) in [5.74, 6) is -0.905. The molecule has 4 N–H and O–H groups in total. The summed E-state index contributed by atoms with van der Waals surface area (Å²) in [6.07, 6.45) is 5.42. The summed E-state index contributed by atoms with van der Waals surface area (Å²) in [7, 11) is -1.28. The van der Waals surface area contributed by atoms with Crippen LogP contribution < -0.4 is 5.32 Å². The van der Waals surface area contributed by atoms with E-state index in [2.05, 4.69) is 10.2 Å². The van der Waals surface area contributed by atoms with E-state index in [1.165, 1.54) is 19.3 Å². The molecule has 0 aromatic rings. The van der Waals surface area contributed by atoms with E-state index < -0.39 is 13.1 Å². The Balaban J connectivity index is 1.80. The van der Waals surface area contributed by atoms with Crippen molar-refractivity contribution in [3.63, 3.8) is 0 Å². The zero-order valence-corrected chi connectivity index (χ0v) is 12.6. The summed E-state index contributed by atoms with van der Waals surface area (Å²) < 4.78 is 0. The van der Waals surface area contributed by atoms with E-state index in [4.69, 9.17) is 10.0 Å². The van der Waals surface area contributed by atoms with Gasteiger partial charge in [-0.2, -0.15) is 0 Å². The Morgan fingerprint density at radius 1 is 1.29 bits per heavy atom. The predicted molar refractivity (Wildman–Crippen MR) is 80.9 cm³/mol. The van der Waals surface area contributed by atoms with Crippen molar-refractivity contribution in [2.24, 2.45) is 11.8 Å². The molecule has 120 valence electrons. The Kier molecular flexibility index (Phi) is 6.48. The molecule has 0 saturated carbocycles. The maximum atomic E-state index is 11.4. The molecule has 0 bridgehead atoms. The molecular formula is C14H27BN2O4. The first-order valence-electron chi connectivity index (χ1n) is 8.11. The van der Waals surface area contributed by atoms with E-state index in [9.17, 15) is 9.90 Å². The van der Waals surface area contributed by atoms with Crippen molar-refractivity contribution in [2.45, 2.75) is 44.5 Å². The first kappa shape index (κ1) is 16.7. The fraction of sp³-hybridized carbons (Fsp3) is 0.929. The fourth-order valence-corrected chi connectivity index (χ4v) is 3.64. The molecule has 0 aliphatic carbocycles. The van der Waals surface area contributed by atoms with Crippen LogP contribution >= 0.6 is 0 Å². The van der Waals surface area contributed by atoms with E-state index in [1.807, 2.05) is 0 Å². The molecule has 2 fully saturated rings. The molecule has 2 saturated heterocycles. The average Bonchev–Trinajstić information content (AvgIpc) is 2.82. The van der Waals surface area contributed by atoms with Crippen LogP contribution in [-0.4, -0.2) is 65.4 Å². The molecule has 21 heavy (non-hydrogen) atoms. The first-order valence-corrected chi connectivity index (χ1v) is 8.11. The van der Waals surface area contributed by atoms with Crippen LogP contribution in [0.2, 0.25) is 6.32 Å². The highest BCUT2D eigenvalue weighted by Gasteiger charge is 2.37. The van der Waals surface area contributed by atoms with Crippen LogP contribution in [0.1, 0.15) is 32.1 Å². The van der Waals surface area contributed by atoms with Crippen LogP contribution in [0, 0.1) is 11.8 Å². The van der Waals surface area contributed by atoms with Gasteiger partial charge >= 0.3 is 13.1 Å². The van der Waals surface area contributed by atoms with Gasteiger partial charge in [-0.15, -0.1) is 0 Å². The van der Waals surface area contributed by atoms with Crippen LogP contribution in [0.3, 0.4) is 0 Å². The summed E-state index contributed by atoms with van der Waals surface area (Å²) in [5.41, 5.74) is 0. The third-order valence-electron chi connectivity index (χ3n) is 4.76. The number of carboxylic acids is 1. The van der Waals surface area contributed by atoms with Crippen LogP contribution in [0.15, 0.2) is 0 Å². The number of nitrogens with zero attached hydrogens (tertiary/aromatic N) is 1. The largest absolute Gasteiger partial charge is 0.481 e. The number of rotatable bonds is 7. The lowest BCUT2D eigenvalue weighted by atomic mass is 9.80. The molecule has 0 aromatic heterocycles. The van der Waals surface area contributed by atoms with Gasteiger partial charge in [0, 0.05) is 25.7 Å². The van der Waals surface area contributed by atoms with Gasteiger partial charge in [0.2, 0.25) is 0 Å². The molecule has 6 nitrogen and oxygen atoms in total. The minimum Gasteiger partial charge on any atom is -0.481 e. The summed E-state index contributed by atoms with van der Waals surface area (Å²) in [6, 6.07) is 0.492. The number of likely N-dealkylation sites (tertiary alicyclic amines) is 1. The van der Waals surface area contributed by atoms with Gasteiger partial charge in [0.1, 0.15) is 0 Å². The second-order valence-electron chi connectivity index (χ2n) is 6.48. The zero-order chi connectivity index (χ0) is 15.2. The monoisotopic (exact) mass is 298 g/mol. The van der Waals surface area contributed by atoms with Crippen molar-refractivity contribution in [2.75, 3.05) is 26.2 Å². The lowest BCUT2D eigenvalue weighted by Crippen LogP contribution is -2.43. The number of hydrogen-bond acceptors (Lipinski definition) is 5. The van der Waals surface area contributed by atoms with Gasteiger partial charge in [-0.1, -0.05) is 12.8 Å². The van der Waals surface area contributed by atoms with Gasteiger partial charge in [0.05, 0.1) is 5.92 Å². The van der Waals surface area contributed by atoms with Crippen molar-refractivity contribution in [3.8, 4) is 0 Å². The van der Waals surface area contributed by atoms with E-state index in [1.54, 1.807) is 0 Å². The number of nitrogens with one attached hydrogen (secondary N) is 1. The lowest BCUT2D eigenvalue weighted by molar-refractivity contribution is -0.142. The Labute approximate surface area is 126 Å². The highest BCUT2D eigenvalue weighted by molar-refractivity contribution is 6.40. The van der Waals surface area contributed by atoms with Gasteiger partial charge in [-0.05, 0) is 38.0 Å². The third kappa shape index (κ3) is 5.25. The number of aliphatic carboxylic acids is 1. The summed E-state index contributed by atoms with van der Waals surface area (Å²) in [6.45, 7) is 3.44. The number of carbonyl (C=O) groups is 1. The van der Waals surface area contributed by atoms with Gasteiger partial charge in [0.25, 0.3) is 0 Å². The molecule has 0 radical (unpaired) electrons. The Morgan fingerprint density at radius 3 is 2.71 bits per heavy atom. The topological polar surface area (TPSA) is 93.0 Å². The van der Waals surface area contributed by atoms with Gasteiger partial charge < -0.3 is 25.4 Å². The van der Waals surface area contributed by atoms with E-state index in [0.29, 0.717) is 25.3 Å². The summed E-state index contributed by atoms with van der Waals surface area (Å²) in [4.78, 5) is 13.7. The summed E-state index contributed by atoms with van der Waals surface area (Å²) >= 11 is 0. The number of piperidine rings is 1. The lowest BCUT2D eigenvalue weighted by Gasteiger charge is -2.28. The maximum absolute atomic E-state index is 11.4. The second kappa shape index (κ2) is 8.12. The minimum atomic E-state index is -1.28. The van der Waals surface area contributed by atoms with Gasteiger partial charge in [0.15, 0.2) is 0 Å². The van der Waals surface area contributed by atoms with Gasteiger partial charge in [-0.3, -0.25) is 4.79 Å². The standard InChI is InChI=1S/C14H27BN2O4/c18-14(19)13-10-17(9-12-5-1-2-7-16-12)8-11(13)4-3-6-15(20)21/h11-13,16,20-21H,1-10H2,(H,18,19)/t11?,12?,13-/m1/s1. The normalized spacial score (nSPS) is 30.5. The molecule has 7 heteroatoms. The Bertz CT molecular complexity index is 337. The third-order valence-corrected chi connectivity index (χ3v) is 4.76. The van der Waals surface area contributed by atoms with Crippen molar-refractivity contribution in [1.82, 2.24) is 10.2 Å². The van der Waals surface area contributed by atoms with E-state index >= 15 is 0 Å². The molecule has 0 aromatic carbocycles. The molecular weight excluding hydrogens is 271 g/mol. The SMILES string of the molecule is O=C(O)[C@@H]1CN(CC2CCCCN2)CC1CCCB(O)O. The Morgan fingerprint density at radius 2 is 2.10 bits per heavy atom.